The first-order valence-electron chi connectivity index (χ1n) is 3.75. The molecule has 0 fully saturated rings. The Morgan fingerprint density at radius 1 is 1.82 bits per heavy atom. The Kier molecular flexibility index (Phi) is 5.47. The smallest absolute Gasteiger partial charge is 0.243 e. The third kappa shape index (κ3) is 7.06. The molecule has 3 nitrogen and oxygen atoms in total. The van der Waals surface area contributed by atoms with Crippen molar-refractivity contribution in [3.8, 4) is 0 Å². The highest BCUT2D eigenvalue weighted by atomic mass is 16.3. The summed E-state index contributed by atoms with van der Waals surface area (Å²) in [5, 5.41) is 11.5. The van der Waals surface area contributed by atoms with Crippen LogP contribution in [0.2, 0.25) is 0 Å². The van der Waals surface area contributed by atoms with Crippen molar-refractivity contribution in [3.63, 3.8) is 0 Å². The minimum atomic E-state index is -0.282. The number of carbonyl (C=O) groups excluding carboxylic acids is 1. The lowest BCUT2D eigenvalue weighted by atomic mass is 10.2. The Balaban J connectivity index is 3.14. The monoisotopic (exact) mass is 157 g/mol. The molecule has 1 unspecified atom stereocenters. The quantitative estimate of drug-likeness (QED) is 0.449. The number of carbonyl (C=O) groups is 1. The molecule has 0 heterocycles. The molecule has 1 amide bonds. The topological polar surface area (TPSA) is 49.3 Å². The van der Waals surface area contributed by atoms with Crippen LogP contribution < -0.4 is 5.32 Å². The summed E-state index contributed by atoms with van der Waals surface area (Å²) in [4.78, 5) is 10.6. The van der Waals surface area contributed by atoms with Crippen LogP contribution in [0.1, 0.15) is 19.8 Å². The number of hydrogen-bond donors (Lipinski definition) is 2. The van der Waals surface area contributed by atoms with Gasteiger partial charge in [0.15, 0.2) is 0 Å². The number of rotatable bonds is 5. The van der Waals surface area contributed by atoms with Crippen molar-refractivity contribution in [3.05, 3.63) is 12.7 Å². The zero-order valence-electron chi connectivity index (χ0n) is 6.84. The number of amides is 1. The van der Waals surface area contributed by atoms with Gasteiger partial charge in [0.05, 0.1) is 6.10 Å². The number of aliphatic hydroxyl groups excluding tert-OH is 1. The average molecular weight is 157 g/mol. The minimum Gasteiger partial charge on any atom is -0.393 e. The van der Waals surface area contributed by atoms with E-state index >= 15 is 0 Å². The van der Waals surface area contributed by atoms with E-state index in [0.29, 0.717) is 6.54 Å². The second-order valence-electron chi connectivity index (χ2n) is 2.49. The first-order valence-corrected chi connectivity index (χ1v) is 3.75. The highest BCUT2D eigenvalue weighted by molar-refractivity contribution is 5.86. The van der Waals surface area contributed by atoms with Gasteiger partial charge in [-0.3, -0.25) is 4.79 Å². The maximum Gasteiger partial charge on any atom is 0.243 e. The lowest BCUT2D eigenvalue weighted by Gasteiger charge is -2.03. The van der Waals surface area contributed by atoms with Crippen LogP contribution in [0.5, 0.6) is 0 Å². The lowest BCUT2D eigenvalue weighted by Crippen LogP contribution is -2.22. The molecule has 0 saturated carbocycles. The van der Waals surface area contributed by atoms with Crippen LogP contribution in [0.3, 0.4) is 0 Å². The van der Waals surface area contributed by atoms with Gasteiger partial charge in [0.2, 0.25) is 5.91 Å². The van der Waals surface area contributed by atoms with E-state index in [1.807, 2.05) is 0 Å². The molecule has 0 aliphatic heterocycles. The van der Waals surface area contributed by atoms with Gasteiger partial charge in [-0.1, -0.05) is 6.58 Å². The van der Waals surface area contributed by atoms with Crippen LogP contribution in [-0.4, -0.2) is 23.7 Å². The molecule has 0 bridgehead atoms. The Morgan fingerprint density at radius 3 is 2.91 bits per heavy atom. The van der Waals surface area contributed by atoms with Crippen molar-refractivity contribution < 1.29 is 9.90 Å². The van der Waals surface area contributed by atoms with Gasteiger partial charge in [0.25, 0.3) is 0 Å². The Morgan fingerprint density at radius 2 is 2.45 bits per heavy atom. The average Bonchev–Trinajstić information content (AvgIpc) is 1.97. The van der Waals surface area contributed by atoms with Gasteiger partial charge in [0, 0.05) is 6.54 Å². The van der Waals surface area contributed by atoms with Gasteiger partial charge in [-0.2, -0.15) is 0 Å². The molecule has 0 aliphatic carbocycles. The van der Waals surface area contributed by atoms with E-state index in [2.05, 4.69) is 11.9 Å². The molecule has 0 spiro atoms. The number of hydrogen-bond acceptors (Lipinski definition) is 2. The van der Waals surface area contributed by atoms with Crippen molar-refractivity contribution in [1.29, 1.82) is 0 Å². The van der Waals surface area contributed by atoms with E-state index in [-0.39, 0.29) is 12.0 Å². The van der Waals surface area contributed by atoms with Crippen LogP contribution in [0, 0.1) is 0 Å². The third-order valence-electron chi connectivity index (χ3n) is 1.28. The number of nitrogens with one attached hydrogen (secondary N) is 1. The highest BCUT2D eigenvalue weighted by Crippen LogP contribution is 1.92. The van der Waals surface area contributed by atoms with Crippen LogP contribution in [0.25, 0.3) is 0 Å². The van der Waals surface area contributed by atoms with Gasteiger partial charge >= 0.3 is 0 Å². The summed E-state index contributed by atoms with van der Waals surface area (Å²) < 4.78 is 0. The molecular formula is C8H15NO2. The van der Waals surface area contributed by atoms with E-state index in [1.54, 1.807) is 6.92 Å². The fourth-order valence-corrected chi connectivity index (χ4v) is 0.681. The van der Waals surface area contributed by atoms with Crippen LogP contribution >= 0.6 is 0 Å². The molecule has 0 aromatic heterocycles. The normalized spacial score (nSPS) is 12.2. The Labute approximate surface area is 67.1 Å². The van der Waals surface area contributed by atoms with Crippen molar-refractivity contribution in [2.45, 2.75) is 25.9 Å². The van der Waals surface area contributed by atoms with Crippen LogP contribution in [-0.2, 0) is 4.79 Å². The van der Waals surface area contributed by atoms with E-state index < -0.39 is 0 Å². The fourth-order valence-electron chi connectivity index (χ4n) is 0.681. The van der Waals surface area contributed by atoms with Crippen molar-refractivity contribution in [2.24, 2.45) is 0 Å². The molecule has 3 heteroatoms. The molecule has 0 aliphatic rings. The summed E-state index contributed by atoms with van der Waals surface area (Å²) >= 11 is 0. The molecule has 0 rings (SSSR count). The molecule has 1 atom stereocenters. The van der Waals surface area contributed by atoms with E-state index in [9.17, 15) is 4.79 Å². The summed E-state index contributed by atoms with van der Waals surface area (Å²) in [6, 6.07) is 0. The summed E-state index contributed by atoms with van der Waals surface area (Å²) in [5.41, 5.74) is 0. The predicted molar refractivity (Wildman–Crippen MR) is 44.1 cm³/mol. The SMILES string of the molecule is C=CC(=O)NCCCC(C)O. The van der Waals surface area contributed by atoms with E-state index in [0.717, 1.165) is 12.8 Å². The number of aliphatic hydroxyl groups is 1. The molecule has 0 aromatic rings. The zero-order valence-corrected chi connectivity index (χ0v) is 6.84. The van der Waals surface area contributed by atoms with Gasteiger partial charge in [0.1, 0.15) is 0 Å². The van der Waals surface area contributed by atoms with Gasteiger partial charge in [-0.05, 0) is 25.8 Å². The van der Waals surface area contributed by atoms with Gasteiger partial charge < -0.3 is 10.4 Å². The second kappa shape index (κ2) is 5.92. The molecule has 64 valence electrons. The van der Waals surface area contributed by atoms with E-state index in [1.165, 1.54) is 6.08 Å². The highest BCUT2D eigenvalue weighted by Gasteiger charge is 1.96. The summed E-state index contributed by atoms with van der Waals surface area (Å²) in [5.74, 6) is -0.157. The summed E-state index contributed by atoms with van der Waals surface area (Å²) in [6.45, 7) is 5.65. The maximum atomic E-state index is 10.6. The fraction of sp³-hybridized carbons (Fsp3) is 0.625. The van der Waals surface area contributed by atoms with Crippen molar-refractivity contribution in [2.75, 3.05) is 6.54 Å². The summed E-state index contributed by atoms with van der Waals surface area (Å²) in [7, 11) is 0. The molecule has 2 N–H and O–H groups in total. The van der Waals surface area contributed by atoms with Crippen LogP contribution in [0.4, 0.5) is 0 Å². The largest absolute Gasteiger partial charge is 0.393 e. The maximum absolute atomic E-state index is 10.6. The lowest BCUT2D eigenvalue weighted by molar-refractivity contribution is -0.116. The predicted octanol–water partition coefficient (Wildman–Crippen LogP) is 0.450. The zero-order chi connectivity index (χ0) is 8.69. The van der Waals surface area contributed by atoms with Crippen molar-refractivity contribution in [1.82, 2.24) is 5.32 Å². The summed E-state index contributed by atoms with van der Waals surface area (Å²) in [6.07, 6.45) is 2.48. The standard InChI is InChI=1S/C8H15NO2/c1-3-8(11)9-6-4-5-7(2)10/h3,7,10H,1,4-6H2,2H3,(H,9,11). The Bertz CT molecular complexity index is 132. The first kappa shape index (κ1) is 10.2. The molecular weight excluding hydrogens is 142 g/mol. The van der Waals surface area contributed by atoms with Crippen LogP contribution in [0.15, 0.2) is 12.7 Å². The van der Waals surface area contributed by atoms with Gasteiger partial charge in [-0.25, -0.2) is 0 Å². The van der Waals surface area contributed by atoms with E-state index in [4.69, 9.17) is 5.11 Å². The third-order valence-corrected chi connectivity index (χ3v) is 1.28. The second-order valence-corrected chi connectivity index (χ2v) is 2.49. The van der Waals surface area contributed by atoms with Crippen molar-refractivity contribution >= 4 is 5.91 Å². The van der Waals surface area contributed by atoms with Gasteiger partial charge in [-0.15, -0.1) is 0 Å². The molecule has 0 saturated heterocycles. The molecule has 11 heavy (non-hydrogen) atoms. The molecule has 0 radical (unpaired) electrons. The minimum absolute atomic E-state index is 0.157. The first-order chi connectivity index (χ1) is 5.16. The Hall–Kier alpha value is -0.830. The molecule has 0 aromatic carbocycles.